The third kappa shape index (κ3) is 6.69. The summed E-state index contributed by atoms with van der Waals surface area (Å²) in [6.45, 7) is 3.89. The lowest BCUT2D eigenvalue weighted by Crippen LogP contribution is -2.11. The number of nitrogens with zero attached hydrogens (tertiary/aromatic N) is 2. The van der Waals surface area contributed by atoms with Gasteiger partial charge in [-0.25, -0.2) is 0 Å². The average molecular weight is 821 g/mol. The van der Waals surface area contributed by atoms with Crippen LogP contribution in [0, 0.1) is 6.92 Å². The zero-order valence-electron chi connectivity index (χ0n) is 34.9. The first-order valence-electron chi connectivity index (χ1n) is 21.2. The number of hydrogen-bond acceptors (Lipinski definition) is 5. The zero-order valence-corrected chi connectivity index (χ0v) is 34.9. The second-order valence-electron chi connectivity index (χ2n) is 15.8. The molecule has 0 radical (unpaired) electrons. The fraction of sp³-hybridized carbons (Fsp3) is 0.0526. The Labute approximate surface area is 365 Å². The van der Waals surface area contributed by atoms with Crippen LogP contribution in [0.25, 0.3) is 66.1 Å². The molecule has 0 aliphatic carbocycles. The smallest absolute Gasteiger partial charge is 0.186 e. The Morgan fingerprint density at radius 1 is 0.508 bits per heavy atom. The summed E-state index contributed by atoms with van der Waals surface area (Å²) in [7, 11) is 0. The molecule has 0 aliphatic rings. The van der Waals surface area contributed by atoms with Crippen molar-refractivity contribution >= 4 is 55.2 Å². The minimum absolute atomic E-state index is 0.0458. The third-order valence-electron chi connectivity index (χ3n) is 12.1. The molecule has 0 atom stereocenters. The van der Waals surface area contributed by atoms with E-state index in [9.17, 15) is 20.4 Å². The average Bonchev–Trinajstić information content (AvgIpc) is 3.66. The lowest BCUT2D eigenvalue weighted by atomic mass is 9.91. The van der Waals surface area contributed by atoms with Crippen molar-refractivity contribution in [3.63, 3.8) is 0 Å². The van der Waals surface area contributed by atoms with Crippen LogP contribution in [0.3, 0.4) is 0 Å². The largest absolute Gasteiger partial charge is 0.504 e. The summed E-state index contributed by atoms with van der Waals surface area (Å²) in [4.78, 5) is 1.66. The number of anilines is 3. The van der Waals surface area contributed by atoms with Gasteiger partial charge in [0, 0.05) is 27.8 Å². The van der Waals surface area contributed by atoms with Crippen LogP contribution in [-0.4, -0.2) is 25.0 Å². The van der Waals surface area contributed by atoms with E-state index < -0.39 is 23.0 Å². The van der Waals surface area contributed by atoms with Crippen LogP contribution in [0.2, 0.25) is 0 Å². The van der Waals surface area contributed by atoms with E-state index in [4.69, 9.17) is 0 Å². The maximum atomic E-state index is 12.1. The van der Waals surface area contributed by atoms with Crippen molar-refractivity contribution in [2.75, 3.05) is 4.90 Å². The highest BCUT2D eigenvalue weighted by Gasteiger charge is 2.31. The Hall–Kier alpha value is -8.22. The summed E-state index contributed by atoms with van der Waals surface area (Å²) in [5.74, 6) is -2.22. The highest BCUT2D eigenvalue weighted by Crippen LogP contribution is 2.58. The normalized spacial score (nSPS) is 11.7. The number of para-hydroxylation sites is 2. The van der Waals surface area contributed by atoms with Crippen LogP contribution in [-0.2, 0) is 0 Å². The van der Waals surface area contributed by atoms with Crippen LogP contribution < -0.4 is 4.90 Å². The number of aromatic nitrogens is 1. The van der Waals surface area contributed by atoms with Crippen molar-refractivity contribution in [2.45, 2.75) is 20.3 Å². The van der Waals surface area contributed by atoms with E-state index in [0.29, 0.717) is 23.4 Å². The highest BCUT2D eigenvalue weighted by molar-refractivity contribution is 6.10. The molecule has 0 saturated carbocycles. The number of rotatable bonds is 9. The van der Waals surface area contributed by atoms with Crippen molar-refractivity contribution < 1.29 is 20.4 Å². The predicted molar refractivity (Wildman–Crippen MR) is 259 cm³/mol. The fourth-order valence-electron chi connectivity index (χ4n) is 9.06. The fourth-order valence-corrected chi connectivity index (χ4v) is 9.06. The first-order valence-corrected chi connectivity index (χ1v) is 21.2. The van der Waals surface area contributed by atoms with Crippen LogP contribution in [0.4, 0.5) is 17.1 Å². The summed E-state index contributed by atoms with van der Waals surface area (Å²) in [6.07, 6.45) is 2.45. The Balaban J connectivity index is 1.11. The number of fused-ring (bicyclic) bond motifs is 4. The standard InChI is InChI=1S/C57H44N2O4/c1-3-14-48(44-20-9-7-15-36(44)2)52-54(60)56(62)53(57(63)55(52)61)58(43-32-27-39(28-33-43)46-23-13-17-38-16-8-10-21-45(38)46)42-30-25-37(26-31-42)40-29-34-51-49(35-40)47-22-11-12-24-50(47)59(51)41-18-5-4-6-19-41/h4-35,60-63H,3H2,1-2H3/b48-14+. The first-order chi connectivity index (χ1) is 30.8. The van der Waals surface area contributed by atoms with Crippen molar-refractivity contribution in [1.82, 2.24) is 4.57 Å². The van der Waals surface area contributed by atoms with Gasteiger partial charge < -0.3 is 29.9 Å². The quantitative estimate of drug-likeness (QED) is 0.0860. The Bertz CT molecular complexity index is 3330. The van der Waals surface area contributed by atoms with Crippen LogP contribution in [0.1, 0.15) is 30.0 Å². The van der Waals surface area contributed by atoms with Crippen molar-refractivity contribution in [3.05, 3.63) is 211 Å². The minimum Gasteiger partial charge on any atom is -0.504 e. The maximum Gasteiger partial charge on any atom is 0.186 e. The van der Waals surface area contributed by atoms with Gasteiger partial charge in [0.05, 0.1) is 16.6 Å². The van der Waals surface area contributed by atoms with Gasteiger partial charge in [0.25, 0.3) is 0 Å². The molecule has 0 aliphatic heterocycles. The molecule has 0 spiro atoms. The van der Waals surface area contributed by atoms with Gasteiger partial charge >= 0.3 is 0 Å². The summed E-state index contributed by atoms with van der Waals surface area (Å²) in [6, 6.07) is 63.1. The van der Waals surface area contributed by atoms with Gasteiger partial charge in [-0.15, -0.1) is 0 Å². The van der Waals surface area contributed by atoms with Crippen molar-refractivity contribution in [2.24, 2.45) is 0 Å². The van der Waals surface area contributed by atoms with Crippen molar-refractivity contribution in [3.8, 4) is 50.9 Å². The predicted octanol–water partition coefficient (Wildman–Crippen LogP) is 14.7. The molecule has 0 fully saturated rings. The topological polar surface area (TPSA) is 89.1 Å². The molecule has 1 heterocycles. The van der Waals surface area contributed by atoms with Gasteiger partial charge in [-0.05, 0) is 118 Å². The molecular formula is C57H44N2O4. The molecule has 306 valence electrons. The van der Waals surface area contributed by atoms with Crippen molar-refractivity contribution in [1.29, 1.82) is 0 Å². The summed E-state index contributed by atoms with van der Waals surface area (Å²) >= 11 is 0. The van der Waals surface area contributed by atoms with Gasteiger partial charge in [0.15, 0.2) is 23.0 Å². The van der Waals surface area contributed by atoms with Gasteiger partial charge in [0.2, 0.25) is 0 Å². The molecule has 0 saturated heterocycles. The number of aryl methyl sites for hydroxylation is 1. The Morgan fingerprint density at radius 3 is 1.78 bits per heavy atom. The summed E-state index contributed by atoms with van der Waals surface area (Å²) < 4.78 is 2.29. The molecule has 63 heavy (non-hydrogen) atoms. The monoisotopic (exact) mass is 820 g/mol. The molecule has 4 N–H and O–H groups in total. The van der Waals surface area contributed by atoms with Crippen LogP contribution in [0.15, 0.2) is 194 Å². The lowest BCUT2D eigenvalue weighted by molar-refractivity contribution is 0.373. The van der Waals surface area contributed by atoms with E-state index in [1.165, 1.54) is 0 Å². The molecule has 1 aromatic heterocycles. The number of phenols is 4. The van der Waals surface area contributed by atoms with Crippen LogP contribution in [0.5, 0.6) is 23.0 Å². The summed E-state index contributed by atoms with van der Waals surface area (Å²) in [5.41, 5.74) is 10.5. The number of aromatic hydroxyl groups is 4. The van der Waals surface area contributed by atoms with Crippen LogP contribution >= 0.6 is 0 Å². The molecule has 10 aromatic rings. The number of hydrogen-bond donors (Lipinski definition) is 4. The van der Waals surface area contributed by atoms with Gasteiger partial charge in [-0.1, -0.05) is 146 Å². The zero-order chi connectivity index (χ0) is 43.2. The molecule has 6 nitrogen and oxygen atoms in total. The van der Waals surface area contributed by atoms with E-state index in [2.05, 4.69) is 95.6 Å². The molecule has 6 heteroatoms. The number of phenolic OH excluding ortho intramolecular Hbond substituents is 4. The molecule has 0 bridgehead atoms. The Morgan fingerprint density at radius 2 is 1.08 bits per heavy atom. The highest BCUT2D eigenvalue weighted by atomic mass is 16.3. The first kappa shape index (κ1) is 38.9. The Kier molecular flexibility index (Phi) is 9.89. The molecular weight excluding hydrogens is 777 g/mol. The van der Waals surface area contributed by atoms with Gasteiger partial charge in [0.1, 0.15) is 5.69 Å². The third-order valence-corrected chi connectivity index (χ3v) is 12.1. The van der Waals surface area contributed by atoms with E-state index >= 15 is 0 Å². The summed E-state index contributed by atoms with van der Waals surface area (Å²) in [5, 5.41) is 52.5. The maximum absolute atomic E-state index is 12.1. The van der Waals surface area contributed by atoms with E-state index in [1.807, 2.05) is 117 Å². The lowest BCUT2D eigenvalue weighted by Gasteiger charge is -2.29. The molecule has 0 amide bonds. The molecule has 9 aromatic carbocycles. The SMILES string of the molecule is CC/C=C(\c1ccccc1C)c1c(O)c(O)c(N(c2ccc(-c3ccc4c(c3)c3ccccc3n4-c3ccccc3)cc2)c2ccc(-c3cccc4ccccc34)cc2)c(O)c1O. The van der Waals surface area contributed by atoms with E-state index in [1.54, 1.807) is 4.90 Å². The molecule has 0 unspecified atom stereocenters. The second-order valence-corrected chi connectivity index (χ2v) is 15.8. The molecule has 10 rings (SSSR count). The minimum atomic E-state index is -0.571. The number of allylic oxidation sites excluding steroid dienone is 1. The van der Waals surface area contributed by atoms with E-state index in [-0.39, 0.29) is 11.3 Å². The van der Waals surface area contributed by atoms with Gasteiger partial charge in [-0.2, -0.15) is 0 Å². The second kappa shape index (κ2) is 16.0. The van der Waals surface area contributed by atoms with E-state index in [0.717, 1.165) is 71.6 Å². The van der Waals surface area contributed by atoms with Gasteiger partial charge in [-0.3, -0.25) is 0 Å². The number of benzene rings is 9.